The average molecular weight is 280 g/mol. The van der Waals surface area contributed by atoms with E-state index in [9.17, 15) is 5.11 Å². The molecular weight excluding hydrogens is 264 g/mol. The van der Waals surface area contributed by atoms with Gasteiger partial charge in [0.1, 0.15) is 17.3 Å². The van der Waals surface area contributed by atoms with Crippen LogP contribution in [0, 0.1) is 0 Å². The number of hydrogen-bond acceptors (Lipinski definition) is 3. The lowest BCUT2D eigenvalue weighted by Gasteiger charge is -2.09. The monoisotopic (exact) mass is 280 g/mol. The number of nitrogens with zero attached hydrogens (tertiary/aromatic N) is 2. The fraction of sp³-hybridized carbons (Fsp3) is 0.118. The quantitative estimate of drug-likeness (QED) is 0.797. The van der Waals surface area contributed by atoms with E-state index >= 15 is 0 Å². The normalized spacial score (nSPS) is 10.5. The van der Waals surface area contributed by atoms with Crippen molar-refractivity contribution >= 4 is 0 Å². The van der Waals surface area contributed by atoms with Crippen LogP contribution in [0.3, 0.4) is 0 Å². The summed E-state index contributed by atoms with van der Waals surface area (Å²) in [6.07, 6.45) is 3.73. The summed E-state index contributed by atoms with van der Waals surface area (Å²) in [5, 5.41) is 9.38. The Kier molecular flexibility index (Phi) is 3.60. The van der Waals surface area contributed by atoms with Crippen molar-refractivity contribution in [1.29, 1.82) is 0 Å². The maximum atomic E-state index is 9.38. The number of phenols is 1. The van der Waals surface area contributed by atoms with Crippen molar-refractivity contribution in [2.75, 3.05) is 7.11 Å². The molecule has 0 fully saturated rings. The largest absolute Gasteiger partial charge is 0.508 e. The molecule has 21 heavy (non-hydrogen) atoms. The highest BCUT2D eigenvalue weighted by molar-refractivity contribution is 5.56. The number of phenolic OH excluding ortho intramolecular Hbond substituents is 1. The van der Waals surface area contributed by atoms with Crippen LogP contribution in [-0.2, 0) is 6.54 Å². The molecule has 4 heteroatoms. The van der Waals surface area contributed by atoms with Gasteiger partial charge < -0.3 is 14.4 Å². The van der Waals surface area contributed by atoms with Crippen LogP contribution in [-0.4, -0.2) is 21.8 Å². The van der Waals surface area contributed by atoms with Crippen LogP contribution < -0.4 is 4.74 Å². The zero-order valence-corrected chi connectivity index (χ0v) is 11.7. The second kappa shape index (κ2) is 5.71. The summed E-state index contributed by atoms with van der Waals surface area (Å²) in [6.45, 7) is 0.716. The van der Waals surface area contributed by atoms with Crippen LogP contribution in [0.15, 0.2) is 60.9 Å². The number of methoxy groups -OCH3 is 1. The van der Waals surface area contributed by atoms with Gasteiger partial charge in [-0.1, -0.05) is 12.1 Å². The van der Waals surface area contributed by atoms with Gasteiger partial charge in [0.25, 0.3) is 0 Å². The van der Waals surface area contributed by atoms with E-state index < -0.39 is 0 Å². The van der Waals surface area contributed by atoms with E-state index in [2.05, 4.69) is 15.6 Å². The molecule has 0 amide bonds. The standard InChI is InChI=1S/C17H16N2O2/c1-21-16-4-2-3-13(11-16)12-19-10-9-18-17(19)14-5-7-15(20)8-6-14/h2-11,20H,12H2,1H3. The Labute approximate surface area is 123 Å². The van der Waals surface area contributed by atoms with E-state index in [0.717, 1.165) is 22.7 Å². The van der Waals surface area contributed by atoms with E-state index in [0.29, 0.717) is 6.54 Å². The Morgan fingerprint density at radius 2 is 1.95 bits per heavy atom. The van der Waals surface area contributed by atoms with Gasteiger partial charge in [0.2, 0.25) is 0 Å². The van der Waals surface area contributed by atoms with Crippen molar-refractivity contribution in [3.05, 3.63) is 66.5 Å². The molecule has 1 heterocycles. The van der Waals surface area contributed by atoms with Crippen molar-refractivity contribution in [3.8, 4) is 22.9 Å². The molecule has 2 aromatic carbocycles. The van der Waals surface area contributed by atoms with E-state index in [-0.39, 0.29) is 5.75 Å². The van der Waals surface area contributed by atoms with E-state index in [1.807, 2.05) is 36.5 Å². The zero-order chi connectivity index (χ0) is 14.7. The van der Waals surface area contributed by atoms with Crippen molar-refractivity contribution in [2.45, 2.75) is 6.54 Å². The van der Waals surface area contributed by atoms with Gasteiger partial charge in [0.05, 0.1) is 7.11 Å². The van der Waals surface area contributed by atoms with Crippen molar-refractivity contribution in [1.82, 2.24) is 9.55 Å². The second-order valence-corrected chi connectivity index (χ2v) is 4.78. The van der Waals surface area contributed by atoms with Crippen molar-refractivity contribution in [3.63, 3.8) is 0 Å². The Morgan fingerprint density at radius 1 is 1.14 bits per heavy atom. The van der Waals surface area contributed by atoms with Gasteiger partial charge in [-0.05, 0) is 42.0 Å². The molecule has 0 aliphatic heterocycles. The molecule has 0 radical (unpaired) electrons. The van der Waals surface area contributed by atoms with E-state index in [1.54, 1.807) is 25.4 Å². The summed E-state index contributed by atoms with van der Waals surface area (Å²) in [4.78, 5) is 4.40. The van der Waals surface area contributed by atoms with Gasteiger partial charge >= 0.3 is 0 Å². The first-order chi connectivity index (χ1) is 10.3. The number of imidazole rings is 1. The highest BCUT2D eigenvalue weighted by atomic mass is 16.5. The Hall–Kier alpha value is -2.75. The SMILES string of the molecule is COc1cccc(Cn2ccnc2-c2ccc(O)cc2)c1. The van der Waals surface area contributed by atoms with Crippen LogP contribution in [0.2, 0.25) is 0 Å². The first-order valence-corrected chi connectivity index (χ1v) is 6.70. The first-order valence-electron chi connectivity index (χ1n) is 6.70. The highest BCUT2D eigenvalue weighted by Gasteiger charge is 2.07. The molecular formula is C17H16N2O2. The summed E-state index contributed by atoms with van der Waals surface area (Å²) >= 11 is 0. The number of aromatic nitrogens is 2. The number of ether oxygens (including phenoxy) is 1. The third-order valence-corrected chi connectivity index (χ3v) is 3.33. The number of aromatic hydroxyl groups is 1. The molecule has 3 rings (SSSR count). The van der Waals surface area contributed by atoms with Crippen molar-refractivity contribution in [2.24, 2.45) is 0 Å². The molecule has 0 aliphatic carbocycles. The van der Waals surface area contributed by atoms with Gasteiger partial charge in [0.15, 0.2) is 0 Å². The summed E-state index contributed by atoms with van der Waals surface area (Å²) < 4.78 is 7.32. The fourth-order valence-corrected chi connectivity index (χ4v) is 2.28. The highest BCUT2D eigenvalue weighted by Crippen LogP contribution is 2.22. The third-order valence-electron chi connectivity index (χ3n) is 3.33. The van der Waals surface area contributed by atoms with Gasteiger partial charge in [-0.15, -0.1) is 0 Å². The predicted molar refractivity (Wildman–Crippen MR) is 81.4 cm³/mol. The van der Waals surface area contributed by atoms with E-state index in [1.165, 1.54) is 0 Å². The smallest absolute Gasteiger partial charge is 0.140 e. The average Bonchev–Trinajstić information content (AvgIpc) is 2.96. The molecule has 1 N–H and O–H groups in total. The molecule has 0 atom stereocenters. The van der Waals surface area contributed by atoms with Crippen LogP contribution in [0.1, 0.15) is 5.56 Å². The molecule has 0 unspecified atom stereocenters. The number of benzene rings is 2. The first kappa shape index (κ1) is 13.2. The van der Waals surface area contributed by atoms with Gasteiger partial charge in [-0.2, -0.15) is 0 Å². The van der Waals surface area contributed by atoms with Crippen molar-refractivity contribution < 1.29 is 9.84 Å². The maximum absolute atomic E-state index is 9.38. The lowest BCUT2D eigenvalue weighted by molar-refractivity contribution is 0.414. The molecule has 4 nitrogen and oxygen atoms in total. The lowest BCUT2D eigenvalue weighted by atomic mass is 10.2. The van der Waals surface area contributed by atoms with Gasteiger partial charge in [-0.25, -0.2) is 4.98 Å². The van der Waals surface area contributed by atoms with Crippen LogP contribution in [0.4, 0.5) is 0 Å². The maximum Gasteiger partial charge on any atom is 0.140 e. The van der Waals surface area contributed by atoms with Crippen LogP contribution in [0.25, 0.3) is 11.4 Å². The van der Waals surface area contributed by atoms with Crippen LogP contribution >= 0.6 is 0 Å². The number of hydrogen-bond donors (Lipinski definition) is 1. The molecule has 1 aromatic heterocycles. The minimum atomic E-state index is 0.254. The number of rotatable bonds is 4. The second-order valence-electron chi connectivity index (χ2n) is 4.78. The Bertz CT molecular complexity index is 733. The lowest BCUT2D eigenvalue weighted by Crippen LogP contribution is -2.01. The Balaban J connectivity index is 1.90. The molecule has 0 saturated heterocycles. The predicted octanol–water partition coefficient (Wildman–Crippen LogP) is 3.31. The topological polar surface area (TPSA) is 47.3 Å². The van der Waals surface area contributed by atoms with Gasteiger partial charge in [0, 0.05) is 24.5 Å². The molecule has 106 valence electrons. The summed E-state index contributed by atoms with van der Waals surface area (Å²) in [6, 6.07) is 15.0. The Morgan fingerprint density at radius 3 is 2.71 bits per heavy atom. The third kappa shape index (κ3) is 2.89. The minimum absolute atomic E-state index is 0.254. The molecule has 0 bridgehead atoms. The van der Waals surface area contributed by atoms with E-state index in [4.69, 9.17) is 4.74 Å². The van der Waals surface area contributed by atoms with Gasteiger partial charge in [-0.3, -0.25) is 0 Å². The molecule has 0 aliphatic rings. The molecule has 0 saturated carbocycles. The fourth-order valence-electron chi connectivity index (χ4n) is 2.28. The summed E-state index contributed by atoms with van der Waals surface area (Å²) in [7, 11) is 1.66. The van der Waals surface area contributed by atoms with Crippen LogP contribution in [0.5, 0.6) is 11.5 Å². The summed E-state index contributed by atoms with van der Waals surface area (Å²) in [5.41, 5.74) is 2.12. The molecule has 0 spiro atoms. The minimum Gasteiger partial charge on any atom is -0.508 e. The molecule has 3 aromatic rings. The summed E-state index contributed by atoms with van der Waals surface area (Å²) in [5.74, 6) is 1.97. The zero-order valence-electron chi connectivity index (χ0n) is 11.7.